The number of amides is 2. The highest BCUT2D eigenvalue weighted by molar-refractivity contribution is 6.04. The van der Waals surface area contributed by atoms with Gasteiger partial charge >= 0.3 is 6.16 Å². The maximum Gasteiger partial charge on any atom is 0.513 e. The predicted molar refractivity (Wildman–Crippen MR) is 129 cm³/mol. The van der Waals surface area contributed by atoms with Gasteiger partial charge in [-0.1, -0.05) is 12.1 Å². The number of rotatable bonds is 9. The van der Waals surface area contributed by atoms with Gasteiger partial charge in [-0.15, -0.1) is 0 Å². The van der Waals surface area contributed by atoms with Gasteiger partial charge < -0.3 is 29.6 Å². The minimum absolute atomic E-state index is 0.207. The molecule has 2 N–H and O–H groups in total. The zero-order chi connectivity index (χ0) is 25.2. The van der Waals surface area contributed by atoms with Crippen molar-refractivity contribution in [2.45, 2.75) is 13.5 Å². The highest BCUT2D eigenvalue weighted by Gasteiger charge is 2.12. The summed E-state index contributed by atoms with van der Waals surface area (Å²) in [7, 11) is 3.03. The molecule has 0 radical (unpaired) electrons. The van der Waals surface area contributed by atoms with Crippen LogP contribution in [-0.2, 0) is 11.3 Å². The summed E-state index contributed by atoms with van der Waals surface area (Å²) in [4.78, 5) is 36.5. The van der Waals surface area contributed by atoms with Crippen molar-refractivity contribution < 1.29 is 33.3 Å². The molecule has 3 aromatic rings. The molecule has 9 heteroatoms. The Morgan fingerprint density at radius 3 is 2.20 bits per heavy atom. The number of carbonyl (C=O) groups is 3. The zero-order valence-electron chi connectivity index (χ0n) is 19.6. The quantitative estimate of drug-likeness (QED) is 0.346. The highest BCUT2D eigenvalue weighted by atomic mass is 16.7. The van der Waals surface area contributed by atoms with E-state index in [2.05, 4.69) is 10.6 Å². The number of benzene rings is 3. The molecule has 3 rings (SSSR count). The Labute approximate surface area is 203 Å². The molecular weight excluding hydrogens is 452 g/mol. The molecule has 9 nitrogen and oxygen atoms in total. The first kappa shape index (κ1) is 25.1. The first-order chi connectivity index (χ1) is 16.9. The lowest BCUT2D eigenvalue weighted by Gasteiger charge is -2.11. The van der Waals surface area contributed by atoms with Crippen LogP contribution in [-0.4, -0.2) is 38.8 Å². The summed E-state index contributed by atoms with van der Waals surface area (Å²) in [6.07, 6.45) is -0.806. The van der Waals surface area contributed by atoms with Crippen LogP contribution in [0.2, 0.25) is 0 Å². The lowest BCUT2D eigenvalue weighted by molar-refractivity contribution is 0.0948. The van der Waals surface area contributed by atoms with Crippen molar-refractivity contribution in [1.29, 1.82) is 0 Å². The monoisotopic (exact) mass is 478 g/mol. The van der Waals surface area contributed by atoms with E-state index < -0.39 is 6.16 Å². The van der Waals surface area contributed by atoms with Gasteiger partial charge in [0, 0.05) is 23.4 Å². The van der Waals surface area contributed by atoms with E-state index in [1.165, 1.54) is 38.5 Å². The fraction of sp³-hybridized carbons (Fsp3) is 0.192. The van der Waals surface area contributed by atoms with Gasteiger partial charge in [-0.05, 0) is 67.1 Å². The van der Waals surface area contributed by atoms with Crippen LogP contribution < -0.4 is 24.8 Å². The Morgan fingerprint density at radius 2 is 1.51 bits per heavy atom. The van der Waals surface area contributed by atoms with Gasteiger partial charge in [0.05, 0.1) is 20.8 Å². The lowest BCUT2D eigenvalue weighted by Crippen LogP contribution is -2.23. The zero-order valence-corrected chi connectivity index (χ0v) is 19.6. The second-order valence-corrected chi connectivity index (χ2v) is 7.22. The van der Waals surface area contributed by atoms with Gasteiger partial charge in [0.2, 0.25) is 0 Å². The first-order valence-electron chi connectivity index (χ1n) is 10.8. The molecule has 0 aliphatic carbocycles. The molecule has 0 fully saturated rings. The normalized spacial score (nSPS) is 10.1. The van der Waals surface area contributed by atoms with Crippen molar-refractivity contribution in [3.8, 4) is 17.2 Å². The van der Waals surface area contributed by atoms with E-state index in [1.807, 2.05) is 6.07 Å². The molecule has 0 aromatic heterocycles. The van der Waals surface area contributed by atoms with Gasteiger partial charge in [-0.3, -0.25) is 9.59 Å². The summed E-state index contributed by atoms with van der Waals surface area (Å²) in [6, 6.07) is 18.1. The standard InChI is InChI=1S/C26H26N2O7/c1-4-34-26(31)35-21-11-8-18(9-12-21)25(30)28-20-7-5-6-17(14-20)16-27-24(29)19-10-13-22(32-2)23(15-19)33-3/h5-15H,4,16H2,1-3H3,(H,27,29)(H,28,30). The number of carbonyl (C=O) groups excluding carboxylic acids is 3. The summed E-state index contributed by atoms with van der Waals surface area (Å²) in [5, 5.41) is 5.66. The number of methoxy groups -OCH3 is 2. The molecule has 0 heterocycles. The van der Waals surface area contributed by atoms with Crippen LogP contribution in [0.4, 0.5) is 10.5 Å². The molecule has 3 aromatic carbocycles. The molecule has 0 atom stereocenters. The van der Waals surface area contributed by atoms with Crippen LogP contribution in [0.3, 0.4) is 0 Å². The fourth-order valence-electron chi connectivity index (χ4n) is 3.14. The summed E-state index contributed by atoms with van der Waals surface area (Å²) in [5.41, 5.74) is 2.19. The predicted octanol–water partition coefficient (Wildman–Crippen LogP) is 4.42. The summed E-state index contributed by atoms with van der Waals surface area (Å²) < 4.78 is 20.1. The Kier molecular flexibility index (Phi) is 8.66. The van der Waals surface area contributed by atoms with Gasteiger partial charge in [-0.25, -0.2) is 4.79 Å². The smallest absolute Gasteiger partial charge is 0.493 e. The number of anilines is 1. The molecule has 0 saturated heterocycles. The third-order valence-electron chi connectivity index (χ3n) is 4.86. The van der Waals surface area contributed by atoms with E-state index in [9.17, 15) is 14.4 Å². The summed E-state index contributed by atoms with van der Waals surface area (Å²) in [5.74, 6) is 0.663. The van der Waals surface area contributed by atoms with Crippen LogP contribution in [0.25, 0.3) is 0 Å². The number of hydrogen-bond donors (Lipinski definition) is 2. The van der Waals surface area contributed by atoms with Crippen molar-refractivity contribution in [3.63, 3.8) is 0 Å². The van der Waals surface area contributed by atoms with Crippen molar-refractivity contribution in [3.05, 3.63) is 83.4 Å². The first-order valence-corrected chi connectivity index (χ1v) is 10.8. The van der Waals surface area contributed by atoms with Gasteiger partial charge in [0.25, 0.3) is 11.8 Å². The van der Waals surface area contributed by atoms with Gasteiger partial charge in [0.1, 0.15) is 5.75 Å². The number of hydrogen-bond acceptors (Lipinski definition) is 7. The van der Waals surface area contributed by atoms with E-state index in [0.717, 1.165) is 5.56 Å². The summed E-state index contributed by atoms with van der Waals surface area (Å²) >= 11 is 0. The molecule has 0 aliphatic heterocycles. The van der Waals surface area contributed by atoms with Crippen molar-refractivity contribution in [2.24, 2.45) is 0 Å². The molecule has 0 saturated carbocycles. The minimum atomic E-state index is -0.806. The maximum atomic E-state index is 12.6. The third kappa shape index (κ3) is 6.97. The van der Waals surface area contributed by atoms with E-state index in [0.29, 0.717) is 28.3 Å². The van der Waals surface area contributed by atoms with Crippen LogP contribution in [0, 0.1) is 0 Å². The van der Waals surface area contributed by atoms with Crippen LogP contribution in [0.1, 0.15) is 33.2 Å². The fourth-order valence-corrected chi connectivity index (χ4v) is 3.14. The Hall–Kier alpha value is -4.53. The maximum absolute atomic E-state index is 12.6. The van der Waals surface area contributed by atoms with Crippen LogP contribution in [0.15, 0.2) is 66.7 Å². The molecule has 0 aliphatic rings. The molecular formula is C26H26N2O7. The van der Waals surface area contributed by atoms with E-state index in [4.69, 9.17) is 18.9 Å². The van der Waals surface area contributed by atoms with Crippen molar-refractivity contribution >= 4 is 23.7 Å². The Balaban J connectivity index is 1.58. The second kappa shape index (κ2) is 12.1. The second-order valence-electron chi connectivity index (χ2n) is 7.22. The van der Waals surface area contributed by atoms with Crippen LogP contribution >= 0.6 is 0 Å². The van der Waals surface area contributed by atoms with Crippen molar-refractivity contribution in [2.75, 3.05) is 26.1 Å². The van der Waals surface area contributed by atoms with E-state index in [1.54, 1.807) is 43.3 Å². The molecule has 0 bridgehead atoms. The van der Waals surface area contributed by atoms with E-state index >= 15 is 0 Å². The SMILES string of the molecule is CCOC(=O)Oc1ccc(C(=O)Nc2cccc(CNC(=O)c3ccc(OC)c(OC)c3)c2)cc1. The van der Waals surface area contributed by atoms with Gasteiger partial charge in [-0.2, -0.15) is 0 Å². The minimum Gasteiger partial charge on any atom is -0.493 e. The molecule has 35 heavy (non-hydrogen) atoms. The average molecular weight is 479 g/mol. The molecule has 182 valence electrons. The number of ether oxygens (including phenoxy) is 4. The van der Waals surface area contributed by atoms with Gasteiger partial charge in [0.15, 0.2) is 11.5 Å². The lowest BCUT2D eigenvalue weighted by atomic mass is 10.1. The van der Waals surface area contributed by atoms with E-state index in [-0.39, 0.29) is 30.7 Å². The highest BCUT2D eigenvalue weighted by Crippen LogP contribution is 2.27. The van der Waals surface area contributed by atoms with Crippen molar-refractivity contribution in [1.82, 2.24) is 5.32 Å². The average Bonchev–Trinajstić information content (AvgIpc) is 2.87. The third-order valence-corrected chi connectivity index (χ3v) is 4.86. The van der Waals surface area contributed by atoms with Crippen LogP contribution in [0.5, 0.6) is 17.2 Å². The number of nitrogens with one attached hydrogen (secondary N) is 2. The molecule has 0 spiro atoms. The summed E-state index contributed by atoms with van der Waals surface area (Å²) in [6.45, 7) is 2.14. The Morgan fingerprint density at radius 1 is 0.800 bits per heavy atom. The molecule has 0 unspecified atom stereocenters. The Bertz CT molecular complexity index is 1190. The molecule has 2 amide bonds. The largest absolute Gasteiger partial charge is 0.513 e. The topological polar surface area (TPSA) is 112 Å².